The summed E-state index contributed by atoms with van der Waals surface area (Å²) in [5, 5.41) is 2.24. The number of halogens is 2. The summed E-state index contributed by atoms with van der Waals surface area (Å²) in [6.45, 7) is 3.74. The van der Waals surface area contributed by atoms with Gasteiger partial charge in [0.1, 0.15) is 18.0 Å². The van der Waals surface area contributed by atoms with Crippen LogP contribution < -0.4 is 19.7 Å². The summed E-state index contributed by atoms with van der Waals surface area (Å²) in [6.07, 6.45) is 1.26. The van der Waals surface area contributed by atoms with Gasteiger partial charge in [0.05, 0.1) is 29.5 Å². The summed E-state index contributed by atoms with van der Waals surface area (Å²) in [6, 6.07) is 13.7. The second kappa shape index (κ2) is 12.4. The van der Waals surface area contributed by atoms with Crippen LogP contribution in [0, 0.1) is 5.82 Å². The zero-order valence-corrected chi connectivity index (χ0v) is 22.3. The van der Waals surface area contributed by atoms with E-state index >= 15 is 0 Å². The number of nitrogens with zero attached hydrogens (tertiary/aromatic N) is 1. The molecule has 1 heterocycles. The molecule has 1 aliphatic heterocycles. The Balaban J connectivity index is 1.63. The fraction of sp³-hybridized carbons (Fsp3) is 0.172. The molecular formula is C29H24ClFN2O7. The molecule has 4 amide bonds. The lowest BCUT2D eigenvalue weighted by molar-refractivity contribution is -0.122. The summed E-state index contributed by atoms with van der Waals surface area (Å²) in [7, 11) is 0. The van der Waals surface area contributed by atoms with Gasteiger partial charge in [-0.15, -0.1) is 0 Å². The lowest BCUT2D eigenvalue weighted by Crippen LogP contribution is -2.54. The molecule has 0 spiro atoms. The maximum Gasteiger partial charge on any atom is 0.338 e. The first-order chi connectivity index (χ1) is 19.2. The van der Waals surface area contributed by atoms with E-state index < -0.39 is 29.6 Å². The Kier molecular flexibility index (Phi) is 8.80. The Morgan fingerprint density at radius 2 is 1.73 bits per heavy atom. The van der Waals surface area contributed by atoms with Gasteiger partial charge in [-0.2, -0.15) is 0 Å². The van der Waals surface area contributed by atoms with Crippen LogP contribution in [-0.4, -0.2) is 37.0 Å². The van der Waals surface area contributed by atoms with Gasteiger partial charge in [0.15, 0.2) is 11.5 Å². The van der Waals surface area contributed by atoms with Crippen molar-refractivity contribution in [2.24, 2.45) is 0 Å². The Bertz CT molecular complexity index is 1500. The minimum atomic E-state index is -0.944. The van der Waals surface area contributed by atoms with Crippen LogP contribution in [-0.2, 0) is 20.9 Å². The number of barbiturate groups is 1. The summed E-state index contributed by atoms with van der Waals surface area (Å²) < 4.78 is 30.4. The minimum Gasteiger partial charge on any atom is -0.490 e. The molecule has 0 atom stereocenters. The molecule has 0 bridgehead atoms. The molecule has 1 N–H and O–H groups in total. The molecular weight excluding hydrogens is 543 g/mol. The van der Waals surface area contributed by atoms with Gasteiger partial charge in [-0.1, -0.05) is 29.8 Å². The van der Waals surface area contributed by atoms with E-state index in [2.05, 4.69) is 5.32 Å². The number of benzene rings is 3. The summed E-state index contributed by atoms with van der Waals surface area (Å²) in [4.78, 5) is 51.2. The normalized spacial score (nSPS) is 14.2. The number of hydrogen-bond acceptors (Lipinski definition) is 7. The van der Waals surface area contributed by atoms with Crippen LogP contribution in [0.2, 0.25) is 5.02 Å². The molecule has 9 nitrogen and oxygen atoms in total. The first kappa shape index (κ1) is 28.3. The fourth-order valence-electron chi connectivity index (χ4n) is 3.86. The molecule has 206 valence electrons. The third-order valence-electron chi connectivity index (χ3n) is 5.71. The second-order valence-electron chi connectivity index (χ2n) is 8.37. The highest BCUT2D eigenvalue weighted by Gasteiger charge is 2.37. The highest BCUT2D eigenvalue weighted by molar-refractivity contribution is 6.39. The van der Waals surface area contributed by atoms with Crippen molar-refractivity contribution in [3.8, 4) is 11.5 Å². The SMILES string of the molecule is CCOC(=O)c1ccc(N2C(=O)NC(=O)/C(=C\c3cc(Cl)c(OCc4ccccc4F)c(OCC)c3)C2=O)cc1. The molecule has 0 aromatic heterocycles. The Labute approximate surface area is 234 Å². The van der Waals surface area contributed by atoms with Crippen LogP contribution in [0.3, 0.4) is 0 Å². The average Bonchev–Trinajstić information content (AvgIpc) is 2.92. The molecule has 0 radical (unpaired) electrons. The van der Waals surface area contributed by atoms with Gasteiger partial charge in [-0.3, -0.25) is 14.9 Å². The number of hydrogen-bond donors (Lipinski definition) is 1. The van der Waals surface area contributed by atoms with Crippen molar-refractivity contribution in [3.63, 3.8) is 0 Å². The smallest absolute Gasteiger partial charge is 0.338 e. The third-order valence-corrected chi connectivity index (χ3v) is 5.99. The molecule has 40 heavy (non-hydrogen) atoms. The van der Waals surface area contributed by atoms with Crippen molar-refractivity contribution in [2.45, 2.75) is 20.5 Å². The van der Waals surface area contributed by atoms with E-state index in [4.69, 9.17) is 25.8 Å². The quantitative estimate of drug-likeness (QED) is 0.212. The number of anilines is 1. The van der Waals surface area contributed by atoms with Crippen LogP contribution >= 0.6 is 11.6 Å². The largest absolute Gasteiger partial charge is 0.490 e. The minimum absolute atomic E-state index is 0.0975. The van der Waals surface area contributed by atoms with Gasteiger partial charge in [-0.25, -0.2) is 18.9 Å². The number of carbonyl (C=O) groups excluding carboxylic acids is 4. The average molecular weight is 567 g/mol. The van der Waals surface area contributed by atoms with Crippen molar-refractivity contribution in [2.75, 3.05) is 18.1 Å². The topological polar surface area (TPSA) is 111 Å². The number of rotatable bonds is 9. The number of amides is 4. The first-order valence-corrected chi connectivity index (χ1v) is 12.6. The zero-order valence-electron chi connectivity index (χ0n) is 21.5. The molecule has 1 fully saturated rings. The summed E-state index contributed by atoms with van der Waals surface area (Å²) in [5.41, 5.74) is 0.665. The summed E-state index contributed by atoms with van der Waals surface area (Å²) in [5.74, 6) is -2.40. The molecule has 0 aliphatic carbocycles. The number of ether oxygens (including phenoxy) is 3. The van der Waals surface area contributed by atoms with E-state index in [-0.39, 0.29) is 53.2 Å². The van der Waals surface area contributed by atoms with Crippen LogP contribution in [0.1, 0.15) is 35.3 Å². The van der Waals surface area contributed by atoms with Gasteiger partial charge in [0.25, 0.3) is 11.8 Å². The van der Waals surface area contributed by atoms with Gasteiger partial charge >= 0.3 is 12.0 Å². The molecule has 1 aliphatic rings. The second-order valence-corrected chi connectivity index (χ2v) is 8.78. The Morgan fingerprint density at radius 3 is 2.40 bits per heavy atom. The van der Waals surface area contributed by atoms with E-state index in [1.54, 1.807) is 32.0 Å². The Hall–Kier alpha value is -4.70. The maximum absolute atomic E-state index is 14.0. The lowest BCUT2D eigenvalue weighted by atomic mass is 10.1. The van der Waals surface area contributed by atoms with Crippen molar-refractivity contribution in [3.05, 3.63) is 93.8 Å². The van der Waals surface area contributed by atoms with Gasteiger partial charge in [0.2, 0.25) is 0 Å². The van der Waals surface area contributed by atoms with Crippen LogP contribution in [0.5, 0.6) is 11.5 Å². The molecule has 3 aromatic rings. The Morgan fingerprint density at radius 1 is 1.00 bits per heavy atom. The van der Waals surface area contributed by atoms with E-state index in [9.17, 15) is 23.6 Å². The molecule has 4 rings (SSSR count). The van der Waals surface area contributed by atoms with E-state index in [1.165, 1.54) is 48.5 Å². The van der Waals surface area contributed by atoms with Gasteiger partial charge in [-0.05, 0) is 68.0 Å². The van der Waals surface area contributed by atoms with E-state index in [0.717, 1.165) is 4.90 Å². The zero-order chi connectivity index (χ0) is 28.8. The van der Waals surface area contributed by atoms with Crippen LogP contribution in [0.15, 0.2) is 66.2 Å². The van der Waals surface area contributed by atoms with Crippen LogP contribution in [0.25, 0.3) is 6.08 Å². The molecule has 3 aromatic carbocycles. The maximum atomic E-state index is 14.0. The van der Waals surface area contributed by atoms with Crippen molar-refractivity contribution < 1.29 is 37.8 Å². The third kappa shape index (κ3) is 6.13. The number of imide groups is 2. The van der Waals surface area contributed by atoms with E-state index in [1.807, 2.05) is 0 Å². The standard InChI is InChI=1S/C29H24ClFN2O7/c1-3-38-24-15-17(14-22(30)25(24)40-16-19-7-5-6-8-23(19)31)13-21-26(34)32-29(37)33(27(21)35)20-11-9-18(10-12-20)28(36)39-4-2/h5-15H,3-4,16H2,1-2H3,(H,32,34,37)/b21-13+. The van der Waals surface area contributed by atoms with Gasteiger partial charge in [0, 0.05) is 5.56 Å². The number of carbonyl (C=O) groups is 4. The number of urea groups is 1. The van der Waals surface area contributed by atoms with Crippen molar-refractivity contribution in [1.29, 1.82) is 0 Å². The highest BCUT2D eigenvalue weighted by atomic mass is 35.5. The fourth-order valence-corrected chi connectivity index (χ4v) is 4.13. The predicted octanol–water partition coefficient (Wildman–Crippen LogP) is 5.30. The van der Waals surface area contributed by atoms with Gasteiger partial charge < -0.3 is 14.2 Å². The van der Waals surface area contributed by atoms with Crippen molar-refractivity contribution in [1.82, 2.24) is 5.32 Å². The molecule has 0 saturated carbocycles. The monoisotopic (exact) mass is 566 g/mol. The van der Waals surface area contributed by atoms with Crippen molar-refractivity contribution >= 4 is 47.2 Å². The highest BCUT2D eigenvalue weighted by Crippen LogP contribution is 2.38. The lowest BCUT2D eigenvalue weighted by Gasteiger charge is -2.26. The van der Waals surface area contributed by atoms with E-state index in [0.29, 0.717) is 11.1 Å². The molecule has 11 heteroatoms. The first-order valence-electron chi connectivity index (χ1n) is 12.2. The number of esters is 1. The number of nitrogens with one attached hydrogen (secondary N) is 1. The molecule has 1 saturated heterocycles. The predicted molar refractivity (Wildman–Crippen MR) is 145 cm³/mol. The summed E-state index contributed by atoms with van der Waals surface area (Å²) >= 11 is 6.46. The van der Waals surface area contributed by atoms with Crippen LogP contribution in [0.4, 0.5) is 14.9 Å². The molecule has 0 unspecified atom stereocenters.